The van der Waals surface area contributed by atoms with Gasteiger partial charge >= 0.3 is 0 Å². The van der Waals surface area contributed by atoms with Crippen LogP contribution in [-0.2, 0) is 7.05 Å². The van der Waals surface area contributed by atoms with Crippen molar-refractivity contribution in [2.45, 2.75) is 11.8 Å². The second kappa shape index (κ2) is 11.1. The van der Waals surface area contributed by atoms with E-state index in [2.05, 4.69) is 22.9 Å². The molecular weight excluding hydrogens is 288 g/mol. The van der Waals surface area contributed by atoms with Gasteiger partial charge in [-0.1, -0.05) is 0 Å². The Hall–Kier alpha value is -1.57. The third-order valence-electron chi connectivity index (χ3n) is 2.86. The number of aliphatic hydroxyl groups is 1. The average molecular weight is 312 g/mol. The number of aromatic nitrogens is 1. The van der Waals surface area contributed by atoms with Gasteiger partial charge in [0.2, 0.25) is 0 Å². The molecule has 2 rings (SSSR count). The third kappa shape index (κ3) is 6.61. The largest absolute Gasteiger partial charge is 0.405 e. The average Bonchev–Trinajstić information content (AvgIpc) is 2.78. The van der Waals surface area contributed by atoms with Crippen molar-refractivity contribution in [3.05, 3.63) is 29.7 Å². The van der Waals surface area contributed by atoms with E-state index in [1.165, 1.54) is 6.20 Å². The minimum Gasteiger partial charge on any atom is -0.405 e. The second-order valence-electron chi connectivity index (χ2n) is 4.13. The summed E-state index contributed by atoms with van der Waals surface area (Å²) >= 11 is 4.16. The van der Waals surface area contributed by atoms with Crippen molar-refractivity contribution in [3.63, 3.8) is 0 Å². The van der Waals surface area contributed by atoms with Crippen LogP contribution < -0.4 is 11.1 Å². The number of thiol groups is 1. The SMILES string of the molecule is CO.Cc1c(S)cc(C=O)n1C.N/C=C\C1=NCCNC1. The summed E-state index contributed by atoms with van der Waals surface area (Å²) in [6, 6.07) is 1.76. The van der Waals surface area contributed by atoms with Gasteiger partial charge in [0.05, 0.1) is 18.0 Å². The monoisotopic (exact) mass is 312 g/mol. The normalized spacial score (nSPS) is 13.7. The minimum atomic E-state index is 0.669. The Labute approximate surface area is 131 Å². The van der Waals surface area contributed by atoms with Gasteiger partial charge in [0.25, 0.3) is 0 Å². The molecule has 0 aromatic carbocycles. The fourth-order valence-electron chi connectivity index (χ4n) is 1.59. The Morgan fingerprint density at radius 3 is 2.52 bits per heavy atom. The molecule has 4 N–H and O–H groups in total. The molecule has 1 aliphatic heterocycles. The molecule has 2 heterocycles. The first kappa shape index (κ1) is 19.4. The zero-order valence-corrected chi connectivity index (χ0v) is 13.6. The van der Waals surface area contributed by atoms with E-state index in [0.717, 1.165) is 49.3 Å². The molecule has 0 fully saturated rings. The molecule has 0 spiro atoms. The Morgan fingerprint density at radius 2 is 2.19 bits per heavy atom. The highest BCUT2D eigenvalue weighted by atomic mass is 32.1. The van der Waals surface area contributed by atoms with Gasteiger partial charge in [0.15, 0.2) is 6.29 Å². The zero-order chi connectivity index (χ0) is 16.3. The topological polar surface area (TPSA) is 92.6 Å². The van der Waals surface area contributed by atoms with E-state index < -0.39 is 0 Å². The van der Waals surface area contributed by atoms with Crippen LogP contribution in [0.4, 0.5) is 0 Å². The summed E-state index contributed by atoms with van der Waals surface area (Å²) in [7, 11) is 2.85. The maximum absolute atomic E-state index is 10.3. The van der Waals surface area contributed by atoms with E-state index in [4.69, 9.17) is 10.8 Å². The summed E-state index contributed by atoms with van der Waals surface area (Å²) < 4.78 is 1.81. The first-order chi connectivity index (χ1) is 10.1. The summed E-state index contributed by atoms with van der Waals surface area (Å²) in [6.07, 6.45) is 4.17. The van der Waals surface area contributed by atoms with Gasteiger partial charge in [-0.05, 0) is 25.3 Å². The van der Waals surface area contributed by atoms with Crippen LogP contribution in [0.3, 0.4) is 0 Å². The molecule has 0 saturated heterocycles. The van der Waals surface area contributed by atoms with Gasteiger partial charge in [-0.25, -0.2) is 0 Å². The molecule has 0 bridgehead atoms. The smallest absolute Gasteiger partial charge is 0.166 e. The number of nitrogens with two attached hydrogens (primary N) is 1. The Balaban J connectivity index is 0.000000342. The lowest BCUT2D eigenvalue weighted by Gasteiger charge is -2.08. The molecule has 1 aromatic heterocycles. The Kier molecular flexibility index (Phi) is 10.3. The molecule has 1 aromatic rings. The van der Waals surface area contributed by atoms with Crippen molar-refractivity contribution in [2.75, 3.05) is 26.7 Å². The summed E-state index contributed by atoms with van der Waals surface area (Å²) in [5.41, 5.74) is 7.90. The zero-order valence-electron chi connectivity index (χ0n) is 12.7. The fraction of sp³-hybridized carbons (Fsp3) is 0.429. The van der Waals surface area contributed by atoms with Crippen molar-refractivity contribution in [3.8, 4) is 0 Å². The van der Waals surface area contributed by atoms with E-state index >= 15 is 0 Å². The summed E-state index contributed by atoms with van der Waals surface area (Å²) in [5, 5.41) is 10.2. The number of aldehydes is 1. The number of carbonyl (C=O) groups excluding carboxylic acids is 1. The van der Waals surface area contributed by atoms with Crippen molar-refractivity contribution in [1.29, 1.82) is 0 Å². The maximum atomic E-state index is 10.3. The number of rotatable bonds is 2. The van der Waals surface area contributed by atoms with Gasteiger partial charge in [0.1, 0.15) is 0 Å². The van der Waals surface area contributed by atoms with Crippen molar-refractivity contribution >= 4 is 24.6 Å². The molecular formula is C14H24N4O2S. The van der Waals surface area contributed by atoms with Crippen LogP contribution in [0.2, 0.25) is 0 Å². The van der Waals surface area contributed by atoms with Crippen LogP contribution in [0.15, 0.2) is 28.2 Å². The number of nitrogens with one attached hydrogen (secondary N) is 1. The molecule has 0 atom stereocenters. The molecule has 1 aliphatic rings. The number of hydrogen-bond donors (Lipinski definition) is 4. The van der Waals surface area contributed by atoms with Gasteiger partial charge in [0, 0.05) is 37.8 Å². The van der Waals surface area contributed by atoms with E-state index in [-0.39, 0.29) is 0 Å². The van der Waals surface area contributed by atoms with E-state index in [9.17, 15) is 4.79 Å². The van der Waals surface area contributed by atoms with Crippen LogP contribution >= 0.6 is 12.6 Å². The van der Waals surface area contributed by atoms with Crippen molar-refractivity contribution < 1.29 is 9.90 Å². The highest BCUT2D eigenvalue weighted by molar-refractivity contribution is 7.80. The van der Waals surface area contributed by atoms with Crippen LogP contribution in [-0.4, -0.2) is 48.4 Å². The van der Waals surface area contributed by atoms with E-state index in [0.29, 0.717) is 5.69 Å². The van der Waals surface area contributed by atoms with Crippen LogP contribution in [0, 0.1) is 6.92 Å². The highest BCUT2D eigenvalue weighted by Crippen LogP contribution is 2.15. The molecule has 21 heavy (non-hydrogen) atoms. The molecule has 0 aliphatic carbocycles. The third-order valence-corrected chi connectivity index (χ3v) is 3.32. The van der Waals surface area contributed by atoms with Gasteiger partial charge in [-0.2, -0.15) is 0 Å². The van der Waals surface area contributed by atoms with Gasteiger partial charge in [-0.3, -0.25) is 9.79 Å². The maximum Gasteiger partial charge on any atom is 0.166 e. The van der Waals surface area contributed by atoms with Crippen LogP contribution in [0.1, 0.15) is 16.2 Å². The number of aliphatic imine (C=N–C) groups is 1. The molecule has 0 saturated carbocycles. The van der Waals surface area contributed by atoms with Gasteiger partial charge in [-0.15, -0.1) is 12.6 Å². The minimum absolute atomic E-state index is 0.669. The first-order valence-electron chi connectivity index (χ1n) is 6.47. The summed E-state index contributed by atoms with van der Waals surface area (Å²) in [4.78, 5) is 15.4. The van der Waals surface area contributed by atoms with Crippen molar-refractivity contribution in [2.24, 2.45) is 17.8 Å². The predicted molar refractivity (Wildman–Crippen MR) is 89.4 cm³/mol. The molecule has 6 nitrogen and oxygen atoms in total. The predicted octanol–water partition coefficient (Wildman–Crippen LogP) is 0.546. The van der Waals surface area contributed by atoms with Crippen molar-refractivity contribution in [1.82, 2.24) is 9.88 Å². The van der Waals surface area contributed by atoms with E-state index in [1.807, 2.05) is 24.6 Å². The number of aliphatic hydroxyl groups excluding tert-OH is 1. The molecule has 0 unspecified atom stereocenters. The molecule has 7 heteroatoms. The standard InChI is InChI=1S/C7H9NOS.C6H11N3.CH4O/c1-5-7(10)3-6(4-9)8(5)2;7-2-1-6-5-8-3-4-9-6;1-2/h3-4,10H,1-2H3;1-2,8H,3-5,7H2;2H,1H3/b;2-1-;. The summed E-state index contributed by atoms with van der Waals surface area (Å²) in [5.74, 6) is 0. The van der Waals surface area contributed by atoms with E-state index in [1.54, 1.807) is 6.07 Å². The highest BCUT2D eigenvalue weighted by Gasteiger charge is 2.03. The summed E-state index contributed by atoms with van der Waals surface area (Å²) in [6.45, 7) is 4.64. The quantitative estimate of drug-likeness (QED) is 0.474. The van der Waals surface area contributed by atoms with Crippen LogP contribution in [0.5, 0.6) is 0 Å². The fourth-order valence-corrected chi connectivity index (χ4v) is 1.88. The number of nitrogens with zero attached hydrogens (tertiary/aromatic N) is 2. The molecule has 0 radical (unpaired) electrons. The number of hydrogen-bond acceptors (Lipinski definition) is 6. The lowest BCUT2D eigenvalue weighted by molar-refractivity contribution is 0.111. The van der Waals surface area contributed by atoms with Gasteiger partial charge < -0.3 is 20.7 Å². The lowest BCUT2D eigenvalue weighted by Crippen LogP contribution is -2.29. The second-order valence-corrected chi connectivity index (χ2v) is 4.61. The molecule has 0 amide bonds. The van der Waals surface area contributed by atoms with Crippen LogP contribution in [0.25, 0.3) is 0 Å². The Bertz CT molecular complexity index is 495. The number of carbonyl (C=O) groups is 1. The lowest BCUT2D eigenvalue weighted by atomic mass is 10.3. The Morgan fingerprint density at radius 1 is 1.52 bits per heavy atom. The molecule has 118 valence electrons. The first-order valence-corrected chi connectivity index (χ1v) is 6.92.